The molecule has 1 atom stereocenters. The average molecular weight is 378 g/mol. The van der Waals surface area contributed by atoms with E-state index in [0.717, 1.165) is 38.2 Å². The van der Waals surface area contributed by atoms with Crippen molar-refractivity contribution in [1.29, 1.82) is 0 Å². The van der Waals surface area contributed by atoms with Crippen LogP contribution in [0.15, 0.2) is 18.6 Å². The Bertz CT molecular complexity index is 467. The van der Waals surface area contributed by atoms with Crippen molar-refractivity contribution in [1.82, 2.24) is 15.3 Å². The molecular formula is C16H29Cl2N5O. The highest BCUT2D eigenvalue weighted by Crippen LogP contribution is 2.21. The van der Waals surface area contributed by atoms with E-state index in [0.29, 0.717) is 12.5 Å². The van der Waals surface area contributed by atoms with E-state index in [1.165, 1.54) is 0 Å². The van der Waals surface area contributed by atoms with Gasteiger partial charge in [-0.1, -0.05) is 13.8 Å². The summed E-state index contributed by atoms with van der Waals surface area (Å²) in [7, 11) is 0. The van der Waals surface area contributed by atoms with E-state index in [1.807, 2.05) is 0 Å². The molecule has 1 fully saturated rings. The molecule has 1 aromatic rings. The molecule has 8 heteroatoms. The SMILES string of the molecule is CC(C)CC(CN)NC(=O)C1CCN(c2cnccn2)CC1.Cl.Cl. The third kappa shape index (κ3) is 6.79. The Balaban J connectivity index is 0.00000264. The molecule has 1 aliphatic rings. The highest BCUT2D eigenvalue weighted by Gasteiger charge is 2.26. The van der Waals surface area contributed by atoms with Gasteiger partial charge in [0.05, 0.1) is 6.20 Å². The fourth-order valence-electron chi connectivity index (χ4n) is 2.93. The van der Waals surface area contributed by atoms with Gasteiger partial charge in [0.1, 0.15) is 5.82 Å². The van der Waals surface area contributed by atoms with E-state index in [-0.39, 0.29) is 42.7 Å². The van der Waals surface area contributed by atoms with Gasteiger partial charge in [-0.3, -0.25) is 9.78 Å². The van der Waals surface area contributed by atoms with E-state index in [4.69, 9.17) is 5.73 Å². The second-order valence-corrected chi connectivity index (χ2v) is 6.40. The molecule has 0 aliphatic carbocycles. The summed E-state index contributed by atoms with van der Waals surface area (Å²) in [5, 5.41) is 3.11. The second kappa shape index (κ2) is 11.4. The molecule has 0 spiro atoms. The van der Waals surface area contributed by atoms with E-state index in [9.17, 15) is 4.79 Å². The number of nitrogens with two attached hydrogens (primary N) is 1. The van der Waals surface area contributed by atoms with Crippen LogP contribution in [0.5, 0.6) is 0 Å². The quantitative estimate of drug-likeness (QED) is 0.791. The molecule has 0 aromatic carbocycles. The largest absolute Gasteiger partial charge is 0.355 e. The van der Waals surface area contributed by atoms with Crippen molar-refractivity contribution in [2.24, 2.45) is 17.6 Å². The van der Waals surface area contributed by atoms with Crippen molar-refractivity contribution in [3.05, 3.63) is 18.6 Å². The Morgan fingerprint density at radius 3 is 2.50 bits per heavy atom. The Kier molecular flexibility index (Phi) is 10.9. The van der Waals surface area contributed by atoms with Crippen LogP contribution in [0.4, 0.5) is 5.82 Å². The van der Waals surface area contributed by atoms with Gasteiger partial charge < -0.3 is 16.0 Å². The van der Waals surface area contributed by atoms with Gasteiger partial charge in [0.25, 0.3) is 0 Å². The predicted octanol–water partition coefficient (Wildman–Crippen LogP) is 2.03. The van der Waals surface area contributed by atoms with Crippen molar-refractivity contribution in [3.63, 3.8) is 0 Å². The highest BCUT2D eigenvalue weighted by molar-refractivity contribution is 5.85. The molecule has 1 aromatic heterocycles. The predicted molar refractivity (Wildman–Crippen MR) is 102 cm³/mol. The molecule has 0 saturated carbocycles. The Morgan fingerprint density at radius 2 is 2.00 bits per heavy atom. The number of aromatic nitrogens is 2. The van der Waals surface area contributed by atoms with Crippen molar-refractivity contribution in [2.75, 3.05) is 24.5 Å². The number of piperidine rings is 1. The lowest BCUT2D eigenvalue weighted by Gasteiger charge is -2.32. The molecular weight excluding hydrogens is 349 g/mol. The molecule has 2 heterocycles. The van der Waals surface area contributed by atoms with Crippen LogP contribution >= 0.6 is 24.8 Å². The van der Waals surface area contributed by atoms with Gasteiger partial charge in [-0.25, -0.2) is 4.98 Å². The third-order valence-electron chi connectivity index (χ3n) is 4.13. The summed E-state index contributed by atoms with van der Waals surface area (Å²) in [6.07, 6.45) is 7.77. The van der Waals surface area contributed by atoms with Crippen LogP contribution in [0.3, 0.4) is 0 Å². The first kappa shape index (κ1) is 22.9. The molecule has 1 aliphatic heterocycles. The number of carbonyl (C=O) groups excluding carboxylic acids is 1. The zero-order chi connectivity index (χ0) is 15.9. The summed E-state index contributed by atoms with van der Waals surface area (Å²) in [5.41, 5.74) is 5.76. The average Bonchev–Trinajstić information content (AvgIpc) is 2.54. The van der Waals surface area contributed by atoms with Crippen LogP contribution in [0.2, 0.25) is 0 Å². The number of anilines is 1. The van der Waals surface area contributed by atoms with Gasteiger partial charge in [0.2, 0.25) is 5.91 Å². The van der Waals surface area contributed by atoms with Gasteiger partial charge in [-0.2, -0.15) is 0 Å². The van der Waals surface area contributed by atoms with Crippen LogP contribution in [0, 0.1) is 11.8 Å². The molecule has 0 radical (unpaired) electrons. The maximum absolute atomic E-state index is 12.4. The lowest BCUT2D eigenvalue weighted by atomic mass is 9.95. The number of nitrogens with zero attached hydrogens (tertiary/aromatic N) is 3. The van der Waals surface area contributed by atoms with Crippen LogP contribution in [0.25, 0.3) is 0 Å². The van der Waals surface area contributed by atoms with E-state index in [2.05, 4.69) is 34.0 Å². The topological polar surface area (TPSA) is 84.1 Å². The van der Waals surface area contributed by atoms with E-state index < -0.39 is 0 Å². The molecule has 3 N–H and O–H groups in total. The van der Waals surface area contributed by atoms with E-state index >= 15 is 0 Å². The normalized spacial score (nSPS) is 16.1. The first-order valence-corrected chi connectivity index (χ1v) is 8.11. The monoisotopic (exact) mass is 377 g/mol. The second-order valence-electron chi connectivity index (χ2n) is 6.40. The minimum atomic E-state index is 0. The number of hydrogen-bond donors (Lipinski definition) is 2. The number of hydrogen-bond acceptors (Lipinski definition) is 5. The summed E-state index contributed by atoms with van der Waals surface area (Å²) in [6.45, 7) is 6.48. The zero-order valence-corrected chi connectivity index (χ0v) is 16.0. The number of carbonyl (C=O) groups is 1. The minimum Gasteiger partial charge on any atom is -0.355 e. The first-order valence-electron chi connectivity index (χ1n) is 8.11. The first-order chi connectivity index (χ1) is 10.6. The van der Waals surface area contributed by atoms with Gasteiger partial charge in [-0.15, -0.1) is 24.8 Å². The Hall–Kier alpha value is -1.11. The molecule has 6 nitrogen and oxygen atoms in total. The van der Waals surface area contributed by atoms with Crippen molar-refractivity contribution in [2.45, 2.75) is 39.2 Å². The van der Waals surface area contributed by atoms with Crippen molar-refractivity contribution >= 4 is 36.5 Å². The lowest BCUT2D eigenvalue weighted by Crippen LogP contribution is -2.46. The van der Waals surface area contributed by atoms with Gasteiger partial charge >= 0.3 is 0 Å². The minimum absolute atomic E-state index is 0. The van der Waals surface area contributed by atoms with Crippen LogP contribution < -0.4 is 16.0 Å². The van der Waals surface area contributed by atoms with Crippen LogP contribution in [0.1, 0.15) is 33.1 Å². The zero-order valence-electron chi connectivity index (χ0n) is 14.4. The maximum atomic E-state index is 12.4. The molecule has 0 bridgehead atoms. The number of nitrogens with one attached hydrogen (secondary N) is 1. The van der Waals surface area contributed by atoms with Crippen molar-refractivity contribution in [3.8, 4) is 0 Å². The third-order valence-corrected chi connectivity index (χ3v) is 4.13. The summed E-state index contributed by atoms with van der Waals surface area (Å²) >= 11 is 0. The number of amides is 1. The Labute approximate surface area is 156 Å². The standard InChI is InChI=1S/C16H27N5O.2ClH/c1-12(2)9-14(10-17)20-16(22)13-3-7-21(8-4-13)15-11-18-5-6-19-15;;/h5-6,11-14H,3-4,7-10,17H2,1-2H3,(H,20,22);2*1H. The molecule has 138 valence electrons. The summed E-state index contributed by atoms with van der Waals surface area (Å²) < 4.78 is 0. The van der Waals surface area contributed by atoms with Gasteiger partial charge in [0.15, 0.2) is 0 Å². The smallest absolute Gasteiger partial charge is 0.223 e. The summed E-state index contributed by atoms with van der Waals surface area (Å²) in [5.74, 6) is 1.65. The van der Waals surface area contributed by atoms with Crippen LogP contribution in [-0.2, 0) is 4.79 Å². The van der Waals surface area contributed by atoms with Gasteiger partial charge in [-0.05, 0) is 25.2 Å². The molecule has 24 heavy (non-hydrogen) atoms. The fourth-order valence-corrected chi connectivity index (χ4v) is 2.93. The summed E-state index contributed by atoms with van der Waals surface area (Å²) in [6, 6.07) is 0.0884. The Morgan fingerprint density at radius 1 is 1.33 bits per heavy atom. The molecule has 1 saturated heterocycles. The number of halogens is 2. The fraction of sp³-hybridized carbons (Fsp3) is 0.688. The molecule has 1 unspecified atom stereocenters. The van der Waals surface area contributed by atoms with E-state index in [1.54, 1.807) is 18.6 Å². The maximum Gasteiger partial charge on any atom is 0.223 e. The summed E-state index contributed by atoms with van der Waals surface area (Å²) in [4.78, 5) is 23.0. The van der Waals surface area contributed by atoms with Crippen molar-refractivity contribution < 1.29 is 4.79 Å². The highest BCUT2D eigenvalue weighted by atomic mass is 35.5. The lowest BCUT2D eigenvalue weighted by molar-refractivity contribution is -0.126. The number of rotatable bonds is 6. The van der Waals surface area contributed by atoms with Gasteiger partial charge in [0, 0.05) is 44.0 Å². The molecule has 1 amide bonds. The molecule has 2 rings (SSSR count). The van der Waals surface area contributed by atoms with Crippen LogP contribution in [-0.4, -0.2) is 41.6 Å².